The summed E-state index contributed by atoms with van der Waals surface area (Å²) in [5.74, 6) is 0.989. The van der Waals surface area contributed by atoms with E-state index in [0.717, 1.165) is 44.3 Å². The van der Waals surface area contributed by atoms with Gasteiger partial charge in [0.2, 0.25) is 0 Å². The van der Waals surface area contributed by atoms with Crippen LogP contribution in [0, 0.1) is 0 Å². The molecule has 0 atom stereocenters. The summed E-state index contributed by atoms with van der Waals surface area (Å²) in [7, 11) is 0. The molecule has 1 aromatic rings. The van der Waals surface area contributed by atoms with E-state index in [9.17, 15) is 9.90 Å². The molecule has 0 spiro atoms. The maximum Gasteiger partial charge on any atom is 0.270 e. The first-order valence-electron chi connectivity index (χ1n) is 7.00. The Bertz CT molecular complexity index is 479. The summed E-state index contributed by atoms with van der Waals surface area (Å²) < 4.78 is 0. The van der Waals surface area contributed by atoms with Crippen LogP contribution < -0.4 is 5.32 Å². The van der Waals surface area contributed by atoms with Crippen LogP contribution in [0.2, 0.25) is 0 Å². The molecular weight excluding hydrogens is 242 g/mol. The second-order valence-electron chi connectivity index (χ2n) is 5.69. The van der Waals surface area contributed by atoms with Crippen molar-refractivity contribution in [3.63, 3.8) is 0 Å². The molecule has 1 aromatic heterocycles. The Balaban J connectivity index is 1.61. The van der Waals surface area contributed by atoms with Gasteiger partial charge in [-0.2, -0.15) is 0 Å². The van der Waals surface area contributed by atoms with E-state index in [1.165, 1.54) is 0 Å². The van der Waals surface area contributed by atoms with Crippen molar-refractivity contribution in [2.75, 3.05) is 6.54 Å². The Morgan fingerprint density at radius 3 is 2.84 bits per heavy atom. The normalized spacial score (nSPS) is 21.3. The summed E-state index contributed by atoms with van der Waals surface area (Å²) in [5.41, 5.74) is -0.319. The van der Waals surface area contributed by atoms with E-state index in [-0.39, 0.29) is 5.91 Å². The van der Waals surface area contributed by atoms with Crippen LogP contribution in [0.3, 0.4) is 0 Å². The Hall–Kier alpha value is -1.49. The van der Waals surface area contributed by atoms with Crippen LogP contribution in [0.5, 0.6) is 0 Å². The number of hydrogen-bond acceptors (Lipinski definition) is 4. The standard InChI is InChI=1S/C14H19N3O2/c18-13(16-9-14(19)6-1-2-7-14)11-5-8-15-12(17-11)10-3-4-10/h5,8,10,19H,1-4,6-7,9H2,(H,16,18). The van der Waals surface area contributed by atoms with E-state index < -0.39 is 5.60 Å². The Morgan fingerprint density at radius 1 is 1.42 bits per heavy atom. The molecule has 2 saturated carbocycles. The molecule has 0 bridgehead atoms. The van der Waals surface area contributed by atoms with Crippen LogP contribution in [-0.2, 0) is 0 Å². The molecular formula is C14H19N3O2. The van der Waals surface area contributed by atoms with Crippen molar-refractivity contribution in [2.24, 2.45) is 0 Å². The van der Waals surface area contributed by atoms with E-state index in [0.29, 0.717) is 18.2 Å². The summed E-state index contributed by atoms with van der Waals surface area (Å²) in [5, 5.41) is 13.0. The summed E-state index contributed by atoms with van der Waals surface area (Å²) in [4.78, 5) is 20.5. The van der Waals surface area contributed by atoms with Gasteiger partial charge in [0.15, 0.2) is 0 Å². The van der Waals surface area contributed by atoms with Gasteiger partial charge in [0.25, 0.3) is 5.91 Å². The molecule has 1 amide bonds. The molecule has 0 aliphatic heterocycles. The van der Waals surface area contributed by atoms with Crippen LogP contribution in [-0.4, -0.2) is 33.1 Å². The number of amides is 1. The maximum absolute atomic E-state index is 12.0. The highest BCUT2D eigenvalue weighted by atomic mass is 16.3. The number of rotatable bonds is 4. The second-order valence-corrected chi connectivity index (χ2v) is 5.69. The molecule has 1 heterocycles. The smallest absolute Gasteiger partial charge is 0.270 e. The fraction of sp³-hybridized carbons (Fsp3) is 0.643. The first-order chi connectivity index (χ1) is 9.16. The SMILES string of the molecule is O=C(NCC1(O)CCCC1)c1ccnc(C2CC2)n1. The van der Waals surface area contributed by atoms with Crippen molar-refractivity contribution in [2.45, 2.75) is 50.0 Å². The van der Waals surface area contributed by atoms with Crippen LogP contribution in [0.4, 0.5) is 0 Å². The molecule has 0 radical (unpaired) electrons. The highest BCUT2D eigenvalue weighted by molar-refractivity contribution is 5.92. The fourth-order valence-electron chi connectivity index (χ4n) is 2.58. The van der Waals surface area contributed by atoms with Gasteiger partial charge in [-0.3, -0.25) is 4.79 Å². The number of nitrogens with one attached hydrogen (secondary N) is 1. The number of carbonyl (C=O) groups excluding carboxylic acids is 1. The van der Waals surface area contributed by atoms with Crippen molar-refractivity contribution >= 4 is 5.91 Å². The van der Waals surface area contributed by atoms with E-state index in [1.807, 2.05) is 0 Å². The van der Waals surface area contributed by atoms with E-state index in [1.54, 1.807) is 12.3 Å². The molecule has 3 rings (SSSR count). The van der Waals surface area contributed by atoms with Crippen molar-refractivity contribution in [1.82, 2.24) is 15.3 Å². The zero-order chi connectivity index (χ0) is 13.3. The first-order valence-corrected chi connectivity index (χ1v) is 7.00. The lowest BCUT2D eigenvalue weighted by atomic mass is 10.0. The molecule has 2 aliphatic carbocycles. The minimum atomic E-state index is -0.720. The molecule has 0 saturated heterocycles. The van der Waals surface area contributed by atoms with Crippen LogP contribution >= 0.6 is 0 Å². The summed E-state index contributed by atoms with van der Waals surface area (Å²) in [6.45, 7) is 0.314. The minimum Gasteiger partial charge on any atom is -0.388 e. The molecule has 2 aliphatic rings. The molecule has 5 nitrogen and oxygen atoms in total. The molecule has 2 fully saturated rings. The van der Waals surface area contributed by atoms with Gasteiger partial charge in [-0.1, -0.05) is 12.8 Å². The van der Waals surface area contributed by atoms with Crippen molar-refractivity contribution in [1.29, 1.82) is 0 Å². The highest BCUT2D eigenvalue weighted by Gasteiger charge is 2.32. The Morgan fingerprint density at radius 2 is 2.16 bits per heavy atom. The number of nitrogens with zero attached hydrogens (tertiary/aromatic N) is 2. The third kappa shape index (κ3) is 2.92. The number of aromatic nitrogens is 2. The zero-order valence-corrected chi connectivity index (χ0v) is 10.9. The molecule has 0 unspecified atom stereocenters. The molecule has 5 heteroatoms. The van der Waals surface area contributed by atoms with Gasteiger partial charge in [0.1, 0.15) is 11.5 Å². The lowest BCUT2D eigenvalue weighted by molar-refractivity contribution is 0.0448. The largest absolute Gasteiger partial charge is 0.388 e. The number of carbonyl (C=O) groups is 1. The van der Waals surface area contributed by atoms with Crippen LogP contribution in [0.1, 0.15) is 60.8 Å². The van der Waals surface area contributed by atoms with Gasteiger partial charge in [-0.25, -0.2) is 9.97 Å². The van der Waals surface area contributed by atoms with Crippen molar-refractivity contribution in [3.05, 3.63) is 23.8 Å². The molecule has 0 aromatic carbocycles. The average Bonchev–Trinajstić information content (AvgIpc) is 3.19. The van der Waals surface area contributed by atoms with E-state index in [2.05, 4.69) is 15.3 Å². The Labute approximate surface area is 112 Å². The minimum absolute atomic E-state index is 0.218. The third-order valence-corrected chi connectivity index (χ3v) is 3.96. The topological polar surface area (TPSA) is 75.1 Å². The maximum atomic E-state index is 12.0. The van der Waals surface area contributed by atoms with Gasteiger partial charge >= 0.3 is 0 Å². The zero-order valence-electron chi connectivity index (χ0n) is 10.9. The molecule has 2 N–H and O–H groups in total. The van der Waals surface area contributed by atoms with Gasteiger partial charge in [-0.15, -0.1) is 0 Å². The van der Waals surface area contributed by atoms with E-state index >= 15 is 0 Å². The predicted octanol–water partition coefficient (Wildman–Crippen LogP) is 1.39. The van der Waals surface area contributed by atoms with E-state index in [4.69, 9.17) is 0 Å². The van der Waals surface area contributed by atoms with Gasteiger partial charge in [0, 0.05) is 18.7 Å². The fourth-order valence-corrected chi connectivity index (χ4v) is 2.58. The van der Waals surface area contributed by atoms with Gasteiger partial charge in [-0.05, 0) is 31.7 Å². The Kier molecular flexibility index (Phi) is 3.22. The third-order valence-electron chi connectivity index (χ3n) is 3.96. The van der Waals surface area contributed by atoms with Crippen molar-refractivity contribution < 1.29 is 9.90 Å². The van der Waals surface area contributed by atoms with Crippen molar-refractivity contribution in [3.8, 4) is 0 Å². The summed E-state index contributed by atoms with van der Waals surface area (Å²) in [6, 6.07) is 1.62. The monoisotopic (exact) mass is 261 g/mol. The number of aliphatic hydroxyl groups is 1. The first kappa shape index (κ1) is 12.5. The molecule has 19 heavy (non-hydrogen) atoms. The quantitative estimate of drug-likeness (QED) is 0.858. The van der Waals surface area contributed by atoms with Crippen LogP contribution in [0.15, 0.2) is 12.3 Å². The van der Waals surface area contributed by atoms with Crippen LogP contribution in [0.25, 0.3) is 0 Å². The molecule has 102 valence electrons. The predicted molar refractivity (Wildman–Crippen MR) is 69.8 cm³/mol. The number of hydrogen-bond donors (Lipinski definition) is 2. The van der Waals surface area contributed by atoms with Gasteiger partial charge in [0.05, 0.1) is 5.60 Å². The summed E-state index contributed by atoms with van der Waals surface area (Å²) >= 11 is 0. The lowest BCUT2D eigenvalue weighted by Crippen LogP contribution is -2.41. The second kappa shape index (κ2) is 4.89. The average molecular weight is 261 g/mol. The lowest BCUT2D eigenvalue weighted by Gasteiger charge is -2.22. The highest BCUT2D eigenvalue weighted by Crippen LogP contribution is 2.37. The summed E-state index contributed by atoms with van der Waals surface area (Å²) in [6.07, 6.45) is 7.47. The van der Waals surface area contributed by atoms with Gasteiger partial charge < -0.3 is 10.4 Å².